The second-order valence-electron chi connectivity index (χ2n) is 5.85. The van der Waals surface area contributed by atoms with Crippen LogP contribution in [0, 0.1) is 5.82 Å². The average Bonchev–Trinajstić information content (AvgIpc) is 2.60. The summed E-state index contributed by atoms with van der Waals surface area (Å²) in [6.07, 6.45) is 0.599. The number of urea groups is 1. The summed E-state index contributed by atoms with van der Waals surface area (Å²) in [5.41, 5.74) is 2.01. The molecule has 0 aromatic heterocycles. The Morgan fingerprint density at radius 1 is 1.04 bits per heavy atom. The highest BCUT2D eigenvalue weighted by Gasteiger charge is 2.08. The number of benzene rings is 2. The highest BCUT2D eigenvalue weighted by Crippen LogP contribution is 2.08. The van der Waals surface area contributed by atoms with E-state index in [0.717, 1.165) is 5.56 Å². The molecule has 0 fully saturated rings. The van der Waals surface area contributed by atoms with Gasteiger partial charge in [-0.2, -0.15) is 0 Å². The third-order valence-corrected chi connectivity index (χ3v) is 3.68. The molecule has 2 rings (SSSR count). The Hall–Kier alpha value is -2.89. The first-order valence-electron chi connectivity index (χ1n) is 8.03. The lowest BCUT2D eigenvalue weighted by atomic mass is 10.1. The van der Waals surface area contributed by atoms with Crippen LogP contribution < -0.4 is 10.6 Å². The summed E-state index contributed by atoms with van der Waals surface area (Å²) in [4.78, 5) is 25.2. The van der Waals surface area contributed by atoms with Crippen molar-refractivity contribution in [2.45, 2.75) is 13.0 Å². The second-order valence-corrected chi connectivity index (χ2v) is 5.85. The van der Waals surface area contributed by atoms with Crippen molar-refractivity contribution in [3.05, 3.63) is 71.0 Å². The van der Waals surface area contributed by atoms with Gasteiger partial charge in [-0.05, 0) is 30.2 Å². The first-order chi connectivity index (χ1) is 12.0. The normalized spacial score (nSPS) is 10.2. The van der Waals surface area contributed by atoms with Crippen LogP contribution in [0.1, 0.15) is 21.5 Å². The minimum Gasteiger partial charge on any atom is -0.345 e. The van der Waals surface area contributed by atoms with Gasteiger partial charge in [0.25, 0.3) is 5.91 Å². The van der Waals surface area contributed by atoms with Gasteiger partial charge in [0.1, 0.15) is 5.82 Å². The molecule has 3 amide bonds. The number of nitrogens with zero attached hydrogens (tertiary/aromatic N) is 1. The molecule has 0 bridgehead atoms. The number of rotatable bonds is 6. The molecule has 0 spiro atoms. The molecule has 2 aromatic carbocycles. The Bertz CT molecular complexity index is 747. The molecule has 132 valence electrons. The lowest BCUT2D eigenvalue weighted by molar-refractivity contribution is 0.0827. The predicted octanol–water partition coefficient (Wildman–Crippen LogP) is 2.57. The molecule has 2 aromatic rings. The van der Waals surface area contributed by atoms with E-state index in [2.05, 4.69) is 10.6 Å². The fraction of sp³-hybridized carbons (Fsp3) is 0.263. The van der Waals surface area contributed by atoms with Crippen molar-refractivity contribution in [2.24, 2.45) is 0 Å². The molecule has 25 heavy (non-hydrogen) atoms. The van der Waals surface area contributed by atoms with Crippen molar-refractivity contribution in [1.82, 2.24) is 15.5 Å². The molecule has 6 heteroatoms. The van der Waals surface area contributed by atoms with E-state index in [4.69, 9.17) is 0 Å². The van der Waals surface area contributed by atoms with Gasteiger partial charge in [0.2, 0.25) is 0 Å². The molecular weight excluding hydrogens is 321 g/mol. The van der Waals surface area contributed by atoms with Gasteiger partial charge in [0, 0.05) is 38.3 Å². The van der Waals surface area contributed by atoms with Crippen molar-refractivity contribution >= 4 is 11.9 Å². The van der Waals surface area contributed by atoms with Crippen LogP contribution in [-0.4, -0.2) is 37.5 Å². The van der Waals surface area contributed by atoms with E-state index in [-0.39, 0.29) is 24.3 Å². The maximum Gasteiger partial charge on any atom is 0.315 e. The van der Waals surface area contributed by atoms with Crippen LogP contribution in [0.5, 0.6) is 0 Å². The standard InChI is InChI=1S/C19H22FN3O2/c1-23(2)18(24)15-8-5-6-14(12-15)10-11-21-19(25)22-13-16-7-3-4-9-17(16)20/h3-9,12H,10-11,13H2,1-2H3,(H2,21,22,25). The predicted molar refractivity (Wildman–Crippen MR) is 94.8 cm³/mol. The average molecular weight is 343 g/mol. The molecule has 0 aliphatic rings. The quantitative estimate of drug-likeness (QED) is 0.847. The van der Waals surface area contributed by atoms with Crippen LogP contribution in [0.15, 0.2) is 48.5 Å². The van der Waals surface area contributed by atoms with Gasteiger partial charge in [0.15, 0.2) is 0 Å². The monoisotopic (exact) mass is 343 g/mol. The van der Waals surface area contributed by atoms with Gasteiger partial charge >= 0.3 is 6.03 Å². The van der Waals surface area contributed by atoms with Crippen molar-refractivity contribution in [2.75, 3.05) is 20.6 Å². The molecule has 0 unspecified atom stereocenters. The van der Waals surface area contributed by atoms with Gasteiger partial charge in [-0.25, -0.2) is 9.18 Å². The van der Waals surface area contributed by atoms with E-state index in [1.807, 2.05) is 18.2 Å². The summed E-state index contributed by atoms with van der Waals surface area (Å²) in [5.74, 6) is -0.400. The van der Waals surface area contributed by atoms with Crippen molar-refractivity contribution in [1.29, 1.82) is 0 Å². The van der Waals surface area contributed by atoms with Gasteiger partial charge in [-0.3, -0.25) is 4.79 Å². The zero-order chi connectivity index (χ0) is 18.2. The van der Waals surface area contributed by atoms with E-state index in [1.54, 1.807) is 38.4 Å². The first kappa shape index (κ1) is 18.4. The van der Waals surface area contributed by atoms with Crippen LogP contribution in [0.25, 0.3) is 0 Å². The fourth-order valence-electron chi connectivity index (χ4n) is 2.32. The summed E-state index contributed by atoms with van der Waals surface area (Å²) < 4.78 is 13.5. The zero-order valence-corrected chi connectivity index (χ0v) is 14.4. The molecule has 0 aliphatic carbocycles. The molecule has 2 N–H and O–H groups in total. The first-order valence-corrected chi connectivity index (χ1v) is 8.03. The van der Waals surface area contributed by atoms with E-state index < -0.39 is 0 Å². The molecular formula is C19H22FN3O2. The van der Waals surface area contributed by atoms with Gasteiger partial charge in [0.05, 0.1) is 0 Å². The third kappa shape index (κ3) is 5.60. The lowest BCUT2D eigenvalue weighted by Gasteiger charge is -2.11. The second kappa shape index (κ2) is 8.82. The highest BCUT2D eigenvalue weighted by molar-refractivity contribution is 5.94. The van der Waals surface area contributed by atoms with Crippen molar-refractivity contribution in [3.8, 4) is 0 Å². The number of amides is 3. The summed E-state index contributed by atoms with van der Waals surface area (Å²) in [5, 5.41) is 5.34. The summed E-state index contributed by atoms with van der Waals surface area (Å²) in [7, 11) is 3.41. The number of halogens is 1. The molecule has 5 nitrogen and oxygen atoms in total. The van der Waals surface area contributed by atoms with E-state index in [0.29, 0.717) is 24.1 Å². The van der Waals surface area contributed by atoms with Gasteiger partial charge < -0.3 is 15.5 Å². The maximum absolute atomic E-state index is 13.5. The summed E-state index contributed by atoms with van der Waals surface area (Å²) >= 11 is 0. The zero-order valence-electron chi connectivity index (χ0n) is 14.4. The van der Waals surface area contributed by atoms with Crippen molar-refractivity contribution < 1.29 is 14.0 Å². The fourth-order valence-corrected chi connectivity index (χ4v) is 2.32. The Morgan fingerprint density at radius 3 is 2.52 bits per heavy atom. The van der Waals surface area contributed by atoms with Gasteiger partial charge in [-0.1, -0.05) is 30.3 Å². The number of hydrogen-bond acceptors (Lipinski definition) is 2. The van der Waals surface area contributed by atoms with E-state index in [1.165, 1.54) is 11.0 Å². The minimum atomic E-state index is -0.358. The number of nitrogens with one attached hydrogen (secondary N) is 2. The molecule has 0 radical (unpaired) electrons. The minimum absolute atomic E-state index is 0.0579. The lowest BCUT2D eigenvalue weighted by Crippen LogP contribution is -2.36. The highest BCUT2D eigenvalue weighted by atomic mass is 19.1. The maximum atomic E-state index is 13.5. The number of carbonyl (C=O) groups is 2. The molecule has 0 saturated heterocycles. The Morgan fingerprint density at radius 2 is 1.80 bits per heavy atom. The van der Waals surface area contributed by atoms with E-state index in [9.17, 15) is 14.0 Å². The van der Waals surface area contributed by atoms with Crippen LogP contribution in [0.4, 0.5) is 9.18 Å². The van der Waals surface area contributed by atoms with Crippen LogP contribution in [0.3, 0.4) is 0 Å². The summed E-state index contributed by atoms with van der Waals surface area (Å²) in [6.45, 7) is 0.550. The van der Waals surface area contributed by atoms with Crippen LogP contribution in [-0.2, 0) is 13.0 Å². The largest absolute Gasteiger partial charge is 0.345 e. The Kier molecular flexibility index (Phi) is 6.51. The topological polar surface area (TPSA) is 61.4 Å². The van der Waals surface area contributed by atoms with Crippen LogP contribution >= 0.6 is 0 Å². The number of hydrogen-bond donors (Lipinski definition) is 2. The Balaban J connectivity index is 1.78. The number of carbonyl (C=O) groups excluding carboxylic acids is 2. The van der Waals surface area contributed by atoms with E-state index >= 15 is 0 Å². The molecule has 0 aliphatic heterocycles. The molecule has 0 atom stereocenters. The Labute approximate surface area is 146 Å². The smallest absolute Gasteiger partial charge is 0.315 e. The molecule has 0 saturated carbocycles. The van der Waals surface area contributed by atoms with Gasteiger partial charge in [-0.15, -0.1) is 0 Å². The summed E-state index contributed by atoms with van der Waals surface area (Å²) in [6, 6.07) is 13.3. The van der Waals surface area contributed by atoms with Crippen LogP contribution in [0.2, 0.25) is 0 Å². The van der Waals surface area contributed by atoms with Crippen molar-refractivity contribution in [3.63, 3.8) is 0 Å². The molecule has 0 heterocycles. The SMILES string of the molecule is CN(C)C(=O)c1cccc(CCNC(=O)NCc2ccccc2F)c1. The third-order valence-electron chi connectivity index (χ3n) is 3.68.